The molecule has 23 heavy (non-hydrogen) atoms. The molecule has 2 rings (SSSR count). The van der Waals surface area contributed by atoms with Gasteiger partial charge in [0.25, 0.3) is 0 Å². The standard InChI is InChI=1S/C17H19N3O3/c1-12-4-2-6-14(8-12)20-16(21)9-15(17(22)23)19-11-13-5-3-7-18-10-13/h2-8,10,15,19H,9,11H2,1H3,(H,20,21)(H,22,23)/t15-/m0/s1. The van der Waals surface area contributed by atoms with Gasteiger partial charge in [-0.05, 0) is 36.2 Å². The molecule has 0 spiro atoms. The molecular formula is C17H19N3O3. The number of carbonyl (C=O) groups excluding carboxylic acids is 1. The van der Waals surface area contributed by atoms with E-state index in [1.165, 1.54) is 0 Å². The highest BCUT2D eigenvalue weighted by Crippen LogP contribution is 2.10. The van der Waals surface area contributed by atoms with Crippen molar-refractivity contribution in [3.05, 3.63) is 59.9 Å². The predicted octanol–water partition coefficient (Wildman–Crippen LogP) is 1.96. The van der Waals surface area contributed by atoms with E-state index in [-0.39, 0.29) is 12.3 Å². The van der Waals surface area contributed by atoms with Gasteiger partial charge in [-0.1, -0.05) is 18.2 Å². The van der Waals surface area contributed by atoms with E-state index in [9.17, 15) is 14.7 Å². The zero-order valence-electron chi connectivity index (χ0n) is 12.8. The number of aromatic nitrogens is 1. The van der Waals surface area contributed by atoms with E-state index in [2.05, 4.69) is 15.6 Å². The molecule has 2 aromatic rings. The molecule has 0 aliphatic heterocycles. The molecule has 0 fully saturated rings. The summed E-state index contributed by atoms with van der Waals surface area (Å²) in [6.45, 7) is 2.26. The molecule has 0 unspecified atom stereocenters. The first-order valence-electron chi connectivity index (χ1n) is 7.26. The maximum Gasteiger partial charge on any atom is 0.321 e. The summed E-state index contributed by atoms with van der Waals surface area (Å²) in [5.41, 5.74) is 2.54. The van der Waals surface area contributed by atoms with Crippen molar-refractivity contribution < 1.29 is 14.7 Å². The summed E-state index contributed by atoms with van der Waals surface area (Å²) in [4.78, 5) is 27.3. The van der Waals surface area contributed by atoms with Gasteiger partial charge in [0.15, 0.2) is 0 Å². The zero-order valence-corrected chi connectivity index (χ0v) is 12.8. The Hall–Kier alpha value is -2.73. The first-order valence-corrected chi connectivity index (χ1v) is 7.26. The summed E-state index contributed by atoms with van der Waals surface area (Å²) < 4.78 is 0. The van der Waals surface area contributed by atoms with Crippen LogP contribution in [0.5, 0.6) is 0 Å². The number of benzene rings is 1. The van der Waals surface area contributed by atoms with Crippen LogP contribution in [-0.4, -0.2) is 28.0 Å². The van der Waals surface area contributed by atoms with Crippen LogP contribution in [0.15, 0.2) is 48.8 Å². The number of anilines is 1. The second-order valence-electron chi connectivity index (χ2n) is 5.25. The van der Waals surface area contributed by atoms with Crippen molar-refractivity contribution in [3.8, 4) is 0 Å². The van der Waals surface area contributed by atoms with Crippen LogP contribution in [0, 0.1) is 6.92 Å². The highest BCUT2D eigenvalue weighted by Gasteiger charge is 2.20. The summed E-state index contributed by atoms with van der Waals surface area (Å²) in [5, 5.41) is 14.8. The van der Waals surface area contributed by atoms with Crippen molar-refractivity contribution in [2.24, 2.45) is 0 Å². The molecule has 0 radical (unpaired) electrons. The summed E-state index contributed by atoms with van der Waals surface area (Å²) in [6.07, 6.45) is 3.15. The second-order valence-corrected chi connectivity index (χ2v) is 5.25. The van der Waals surface area contributed by atoms with Gasteiger partial charge in [-0.3, -0.25) is 19.9 Å². The third-order valence-corrected chi connectivity index (χ3v) is 3.26. The molecule has 0 aliphatic carbocycles. The van der Waals surface area contributed by atoms with Crippen LogP contribution in [0.25, 0.3) is 0 Å². The van der Waals surface area contributed by atoms with Gasteiger partial charge in [0, 0.05) is 24.6 Å². The fraction of sp³-hybridized carbons (Fsp3) is 0.235. The Balaban J connectivity index is 1.91. The Morgan fingerprint density at radius 2 is 2.09 bits per heavy atom. The molecule has 1 heterocycles. The fourth-order valence-electron chi connectivity index (χ4n) is 2.11. The molecule has 6 nitrogen and oxygen atoms in total. The number of hydrogen-bond acceptors (Lipinski definition) is 4. The summed E-state index contributed by atoms with van der Waals surface area (Å²) in [7, 11) is 0. The van der Waals surface area contributed by atoms with E-state index in [0.717, 1.165) is 11.1 Å². The van der Waals surface area contributed by atoms with Crippen LogP contribution in [-0.2, 0) is 16.1 Å². The second kappa shape index (κ2) is 8.05. The minimum atomic E-state index is -1.06. The van der Waals surface area contributed by atoms with Gasteiger partial charge < -0.3 is 10.4 Å². The summed E-state index contributed by atoms with van der Waals surface area (Å²) in [5.74, 6) is -1.41. The Bertz CT molecular complexity index is 674. The van der Waals surface area contributed by atoms with E-state index in [1.807, 2.05) is 31.2 Å². The van der Waals surface area contributed by atoms with E-state index in [4.69, 9.17) is 0 Å². The van der Waals surface area contributed by atoms with E-state index in [1.54, 1.807) is 24.5 Å². The number of hydrogen-bond donors (Lipinski definition) is 3. The molecule has 1 aromatic carbocycles. The van der Waals surface area contributed by atoms with Crippen LogP contribution in [0.1, 0.15) is 17.5 Å². The minimum absolute atomic E-state index is 0.149. The lowest BCUT2D eigenvalue weighted by molar-refractivity contribution is -0.141. The normalized spacial score (nSPS) is 11.7. The lowest BCUT2D eigenvalue weighted by Gasteiger charge is -2.14. The molecular weight excluding hydrogens is 294 g/mol. The molecule has 120 valence electrons. The molecule has 0 bridgehead atoms. The lowest BCUT2D eigenvalue weighted by Crippen LogP contribution is -2.39. The lowest BCUT2D eigenvalue weighted by atomic mass is 10.1. The first kappa shape index (κ1) is 16.6. The van der Waals surface area contributed by atoms with Crippen LogP contribution >= 0.6 is 0 Å². The van der Waals surface area contributed by atoms with Gasteiger partial charge in [0.05, 0.1) is 6.42 Å². The molecule has 3 N–H and O–H groups in total. The number of aryl methyl sites for hydroxylation is 1. The Morgan fingerprint density at radius 3 is 2.74 bits per heavy atom. The maximum atomic E-state index is 12.0. The van der Waals surface area contributed by atoms with Crippen LogP contribution in [0.3, 0.4) is 0 Å². The van der Waals surface area contributed by atoms with Gasteiger partial charge in [-0.2, -0.15) is 0 Å². The molecule has 1 aromatic heterocycles. The van der Waals surface area contributed by atoms with Gasteiger partial charge in [0.1, 0.15) is 6.04 Å². The highest BCUT2D eigenvalue weighted by atomic mass is 16.4. The number of carboxylic acid groups (broad SMARTS) is 1. The van der Waals surface area contributed by atoms with E-state index >= 15 is 0 Å². The number of rotatable bonds is 7. The molecule has 0 saturated heterocycles. The fourth-order valence-corrected chi connectivity index (χ4v) is 2.11. The van der Waals surface area contributed by atoms with E-state index in [0.29, 0.717) is 12.2 Å². The number of carbonyl (C=O) groups is 2. The van der Waals surface area contributed by atoms with E-state index < -0.39 is 12.0 Å². The largest absolute Gasteiger partial charge is 0.480 e. The topological polar surface area (TPSA) is 91.3 Å². The number of nitrogens with zero attached hydrogens (tertiary/aromatic N) is 1. The number of carboxylic acids is 1. The monoisotopic (exact) mass is 313 g/mol. The van der Waals surface area contributed by atoms with Crippen molar-refractivity contribution in [1.82, 2.24) is 10.3 Å². The molecule has 0 aliphatic rings. The number of aliphatic carboxylic acids is 1. The van der Waals surface area contributed by atoms with Gasteiger partial charge in [0.2, 0.25) is 5.91 Å². The summed E-state index contributed by atoms with van der Waals surface area (Å²) in [6, 6.07) is 10.0. The average Bonchev–Trinajstić information content (AvgIpc) is 2.52. The smallest absolute Gasteiger partial charge is 0.321 e. The van der Waals surface area contributed by atoms with Crippen molar-refractivity contribution in [2.45, 2.75) is 25.9 Å². The third-order valence-electron chi connectivity index (χ3n) is 3.26. The van der Waals surface area contributed by atoms with Gasteiger partial charge in [-0.15, -0.1) is 0 Å². The van der Waals surface area contributed by atoms with Crippen LogP contribution in [0.2, 0.25) is 0 Å². The number of pyridine rings is 1. The SMILES string of the molecule is Cc1cccc(NC(=O)C[C@H](NCc2cccnc2)C(=O)O)c1. The Morgan fingerprint density at radius 1 is 1.26 bits per heavy atom. The Kier molecular flexibility index (Phi) is 5.82. The number of nitrogens with one attached hydrogen (secondary N) is 2. The van der Waals surface area contributed by atoms with Crippen molar-refractivity contribution in [3.63, 3.8) is 0 Å². The first-order chi connectivity index (χ1) is 11.0. The van der Waals surface area contributed by atoms with Crippen molar-refractivity contribution >= 4 is 17.6 Å². The number of amides is 1. The quantitative estimate of drug-likeness (QED) is 0.727. The predicted molar refractivity (Wildman–Crippen MR) is 86.9 cm³/mol. The summed E-state index contributed by atoms with van der Waals surface area (Å²) >= 11 is 0. The highest BCUT2D eigenvalue weighted by molar-refractivity contribution is 5.94. The minimum Gasteiger partial charge on any atom is -0.480 e. The van der Waals surface area contributed by atoms with Crippen LogP contribution < -0.4 is 10.6 Å². The maximum absolute atomic E-state index is 12.0. The van der Waals surface area contributed by atoms with Crippen molar-refractivity contribution in [2.75, 3.05) is 5.32 Å². The molecule has 1 amide bonds. The Labute approximate surface area is 134 Å². The molecule has 6 heteroatoms. The third kappa shape index (κ3) is 5.52. The zero-order chi connectivity index (χ0) is 16.7. The van der Waals surface area contributed by atoms with Gasteiger partial charge >= 0.3 is 5.97 Å². The van der Waals surface area contributed by atoms with Gasteiger partial charge in [-0.25, -0.2) is 0 Å². The average molecular weight is 313 g/mol. The van der Waals surface area contributed by atoms with Crippen LogP contribution in [0.4, 0.5) is 5.69 Å². The molecule has 1 atom stereocenters. The van der Waals surface area contributed by atoms with Crippen molar-refractivity contribution in [1.29, 1.82) is 0 Å². The molecule has 0 saturated carbocycles.